The summed E-state index contributed by atoms with van der Waals surface area (Å²) in [6.07, 6.45) is -1.11. The number of carbonyl (C=O) groups is 1. The fraction of sp³-hybridized carbons (Fsp3) is 0.278. The Hall–Kier alpha value is -2.69. The maximum atomic E-state index is 12.6. The van der Waals surface area contributed by atoms with Crippen molar-refractivity contribution in [3.05, 3.63) is 48.5 Å². The summed E-state index contributed by atoms with van der Waals surface area (Å²) in [6, 6.07) is 14.6. The van der Waals surface area contributed by atoms with Crippen molar-refractivity contribution in [1.82, 2.24) is 0 Å². The fourth-order valence-electron chi connectivity index (χ4n) is 2.46. The number of nitrogens with one attached hydrogen (secondary N) is 1. The monoisotopic (exact) mass is 313 g/mol. The third-order valence-corrected chi connectivity index (χ3v) is 3.55. The number of hydrogen-bond acceptors (Lipinski definition) is 4. The van der Waals surface area contributed by atoms with Crippen LogP contribution in [0.3, 0.4) is 0 Å². The smallest absolute Gasteiger partial charge is 0.269 e. The number of rotatable bonds is 4. The van der Waals surface area contributed by atoms with Crippen LogP contribution in [0, 0.1) is 0 Å². The van der Waals surface area contributed by atoms with Crippen LogP contribution in [0.25, 0.3) is 0 Å². The van der Waals surface area contributed by atoms with Crippen molar-refractivity contribution >= 4 is 11.6 Å². The van der Waals surface area contributed by atoms with Crippen molar-refractivity contribution in [2.75, 3.05) is 11.9 Å². The van der Waals surface area contributed by atoms with Crippen molar-refractivity contribution in [2.24, 2.45) is 0 Å². The standard InChI is InChI=1S/C18H19NO4/c1-3-21-14-9-5-4-8-13(14)19-18(20)17-12(2)22-15-10-6-7-11-16(15)23-17/h4-12,17H,3H2,1-2H3,(H,19,20)/t12-,17+/m0/s1. The van der Waals surface area contributed by atoms with Crippen LogP contribution in [0.1, 0.15) is 13.8 Å². The molecule has 0 unspecified atom stereocenters. The topological polar surface area (TPSA) is 56.8 Å². The molecular formula is C18H19NO4. The van der Waals surface area contributed by atoms with Gasteiger partial charge in [0.1, 0.15) is 11.9 Å². The Morgan fingerprint density at radius 1 is 1.09 bits per heavy atom. The van der Waals surface area contributed by atoms with Crippen molar-refractivity contribution in [1.29, 1.82) is 0 Å². The minimum absolute atomic E-state index is 0.265. The van der Waals surface area contributed by atoms with Crippen LogP contribution in [-0.2, 0) is 4.79 Å². The molecule has 2 aromatic carbocycles. The average Bonchev–Trinajstić information content (AvgIpc) is 2.56. The van der Waals surface area contributed by atoms with E-state index in [-0.39, 0.29) is 12.0 Å². The van der Waals surface area contributed by atoms with Crippen LogP contribution in [0.5, 0.6) is 17.2 Å². The Bertz CT molecular complexity index is 701. The van der Waals surface area contributed by atoms with E-state index in [4.69, 9.17) is 14.2 Å². The highest BCUT2D eigenvalue weighted by molar-refractivity contribution is 5.96. The minimum atomic E-state index is -0.723. The third-order valence-electron chi connectivity index (χ3n) is 3.55. The number of para-hydroxylation sites is 4. The first-order valence-corrected chi connectivity index (χ1v) is 7.64. The first-order chi connectivity index (χ1) is 11.2. The number of ether oxygens (including phenoxy) is 3. The van der Waals surface area contributed by atoms with Crippen molar-refractivity contribution in [2.45, 2.75) is 26.1 Å². The van der Waals surface area contributed by atoms with E-state index in [2.05, 4.69) is 5.32 Å². The Labute approximate surface area is 135 Å². The molecule has 1 aliphatic heterocycles. The van der Waals surface area contributed by atoms with Crippen LogP contribution < -0.4 is 19.5 Å². The number of fused-ring (bicyclic) bond motifs is 1. The maximum absolute atomic E-state index is 12.6. The summed E-state index contributed by atoms with van der Waals surface area (Å²) in [6.45, 7) is 4.24. The predicted octanol–water partition coefficient (Wildman–Crippen LogP) is 3.25. The molecule has 1 N–H and O–H groups in total. The highest BCUT2D eigenvalue weighted by Crippen LogP contribution is 2.34. The van der Waals surface area contributed by atoms with E-state index in [0.717, 1.165) is 0 Å². The van der Waals surface area contributed by atoms with E-state index >= 15 is 0 Å². The summed E-state index contributed by atoms with van der Waals surface area (Å²) >= 11 is 0. The average molecular weight is 313 g/mol. The summed E-state index contributed by atoms with van der Waals surface area (Å²) in [5.74, 6) is 1.59. The lowest BCUT2D eigenvalue weighted by Crippen LogP contribution is -2.46. The molecule has 0 aromatic heterocycles. The molecule has 120 valence electrons. The molecule has 0 aliphatic carbocycles. The predicted molar refractivity (Wildman–Crippen MR) is 87.2 cm³/mol. The maximum Gasteiger partial charge on any atom is 0.269 e. The number of anilines is 1. The molecule has 23 heavy (non-hydrogen) atoms. The van der Waals surface area contributed by atoms with Crippen molar-refractivity contribution in [3.8, 4) is 17.2 Å². The number of amides is 1. The van der Waals surface area contributed by atoms with Gasteiger partial charge in [0.2, 0.25) is 6.10 Å². The van der Waals surface area contributed by atoms with Gasteiger partial charge in [-0.05, 0) is 38.1 Å². The molecular weight excluding hydrogens is 294 g/mol. The van der Waals surface area contributed by atoms with Gasteiger partial charge in [0.25, 0.3) is 5.91 Å². The van der Waals surface area contributed by atoms with E-state index in [9.17, 15) is 4.79 Å². The SMILES string of the molecule is CCOc1ccccc1NC(=O)[C@@H]1Oc2ccccc2O[C@H]1C. The molecule has 5 heteroatoms. The molecule has 1 heterocycles. The van der Waals surface area contributed by atoms with Gasteiger partial charge in [-0.25, -0.2) is 0 Å². The molecule has 0 saturated carbocycles. The first-order valence-electron chi connectivity index (χ1n) is 7.64. The van der Waals surface area contributed by atoms with E-state index in [1.54, 1.807) is 12.1 Å². The molecule has 0 fully saturated rings. The molecule has 0 bridgehead atoms. The quantitative estimate of drug-likeness (QED) is 0.941. The van der Waals surface area contributed by atoms with E-state index in [1.165, 1.54) is 0 Å². The first kappa shape index (κ1) is 15.2. The number of benzene rings is 2. The van der Waals surface area contributed by atoms with Crippen LogP contribution >= 0.6 is 0 Å². The second-order valence-corrected chi connectivity index (χ2v) is 5.23. The molecule has 2 atom stereocenters. The summed E-state index contributed by atoms with van der Waals surface area (Å²) < 4.78 is 17.1. The normalized spacial score (nSPS) is 19.0. The van der Waals surface area contributed by atoms with Gasteiger partial charge in [-0.2, -0.15) is 0 Å². The van der Waals surface area contributed by atoms with Gasteiger partial charge < -0.3 is 19.5 Å². The lowest BCUT2D eigenvalue weighted by atomic mass is 10.1. The van der Waals surface area contributed by atoms with Gasteiger partial charge in [-0.15, -0.1) is 0 Å². The molecule has 0 radical (unpaired) electrons. The highest BCUT2D eigenvalue weighted by atomic mass is 16.6. The molecule has 5 nitrogen and oxygen atoms in total. The fourth-order valence-corrected chi connectivity index (χ4v) is 2.46. The highest BCUT2D eigenvalue weighted by Gasteiger charge is 2.34. The Balaban J connectivity index is 1.76. The van der Waals surface area contributed by atoms with Gasteiger partial charge >= 0.3 is 0 Å². The van der Waals surface area contributed by atoms with Crippen LogP contribution in [0.4, 0.5) is 5.69 Å². The Kier molecular flexibility index (Phi) is 4.37. The lowest BCUT2D eigenvalue weighted by Gasteiger charge is -2.31. The summed E-state index contributed by atoms with van der Waals surface area (Å²) in [4.78, 5) is 12.6. The van der Waals surface area contributed by atoms with Gasteiger partial charge in [0.15, 0.2) is 11.5 Å². The zero-order valence-electron chi connectivity index (χ0n) is 13.1. The second-order valence-electron chi connectivity index (χ2n) is 5.23. The summed E-state index contributed by atoms with van der Waals surface area (Å²) in [5, 5.41) is 2.86. The lowest BCUT2D eigenvalue weighted by molar-refractivity contribution is -0.128. The molecule has 3 rings (SSSR count). The van der Waals surface area contributed by atoms with Gasteiger partial charge in [-0.1, -0.05) is 24.3 Å². The number of carbonyl (C=O) groups excluding carboxylic acids is 1. The molecule has 1 amide bonds. The third kappa shape index (κ3) is 3.23. The zero-order valence-corrected chi connectivity index (χ0v) is 13.1. The summed E-state index contributed by atoms with van der Waals surface area (Å²) in [7, 11) is 0. The zero-order chi connectivity index (χ0) is 16.2. The van der Waals surface area contributed by atoms with E-state index in [0.29, 0.717) is 29.5 Å². The van der Waals surface area contributed by atoms with Gasteiger partial charge in [-0.3, -0.25) is 4.79 Å². The molecule has 2 aromatic rings. The molecule has 0 saturated heterocycles. The Morgan fingerprint density at radius 3 is 2.48 bits per heavy atom. The number of hydrogen-bond donors (Lipinski definition) is 1. The van der Waals surface area contributed by atoms with Gasteiger partial charge in [0.05, 0.1) is 12.3 Å². The van der Waals surface area contributed by atoms with Gasteiger partial charge in [0, 0.05) is 0 Å². The summed E-state index contributed by atoms with van der Waals surface area (Å²) in [5.41, 5.74) is 0.619. The second kappa shape index (κ2) is 6.60. The molecule has 1 aliphatic rings. The van der Waals surface area contributed by atoms with E-state index in [1.807, 2.05) is 50.2 Å². The minimum Gasteiger partial charge on any atom is -0.492 e. The van der Waals surface area contributed by atoms with Crippen LogP contribution in [0.2, 0.25) is 0 Å². The largest absolute Gasteiger partial charge is 0.492 e. The Morgan fingerprint density at radius 2 is 1.74 bits per heavy atom. The van der Waals surface area contributed by atoms with Crippen LogP contribution in [-0.4, -0.2) is 24.7 Å². The van der Waals surface area contributed by atoms with Crippen molar-refractivity contribution < 1.29 is 19.0 Å². The van der Waals surface area contributed by atoms with Crippen LogP contribution in [0.15, 0.2) is 48.5 Å². The van der Waals surface area contributed by atoms with E-state index < -0.39 is 6.10 Å². The van der Waals surface area contributed by atoms with Crippen molar-refractivity contribution in [3.63, 3.8) is 0 Å². The molecule has 0 spiro atoms.